The van der Waals surface area contributed by atoms with E-state index < -0.39 is 18.0 Å². The Bertz CT molecular complexity index is 540. The highest BCUT2D eigenvalue weighted by Crippen LogP contribution is 2.26. The van der Waals surface area contributed by atoms with Crippen molar-refractivity contribution in [2.24, 2.45) is 0 Å². The van der Waals surface area contributed by atoms with Crippen molar-refractivity contribution in [1.29, 1.82) is 5.26 Å². The highest BCUT2D eigenvalue weighted by Gasteiger charge is 2.18. The second kappa shape index (κ2) is 6.61. The van der Waals surface area contributed by atoms with Gasteiger partial charge in [-0.2, -0.15) is 5.26 Å². The van der Waals surface area contributed by atoms with Crippen LogP contribution in [0.1, 0.15) is 12.5 Å². The lowest BCUT2D eigenvalue weighted by atomic mass is 10.2. The van der Waals surface area contributed by atoms with Crippen LogP contribution in [0.5, 0.6) is 5.75 Å². The molecule has 0 saturated heterocycles. The number of carbonyl (C=O) groups excluding carboxylic acids is 2. The molecule has 19 heavy (non-hydrogen) atoms. The number of nitrogens with one attached hydrogen (secondary N) is 2. The summed E-state index contributed by atoms with van der Waals surface area (Å²) in [6, 6.07) is 5.75. The number of halogens is 1. The normalized spacial score (nSPS) is 11.1. The van der Waals surface area contributed by atoms with Gasteiger partial charge in [0.25, 0.3) is 5.91 Å². The second-order valence-corrected chi connectivity index (χ2v) is 3.99. The summed E-state index contributed by atoms with van der Waals surface area (Å²) in [6.45, 7) is 1.48. The molecule has 0 aliphatic heterocycles. The van der Waals surface area contributed by atoms with Gasteiger partial charge in [-0.25, -0.2) is 4.79 Å². The number of amides is 3. The first-order valence-corrected chi connectivity index (χ1v) is 5.74. The summed E-state index contributed by atoms with van der Waals surface area (Å²) < 4.78 is 5.32. The molecule has 1 aromatic carbocycles. The number of hydrogen-bond acceptors (Lipinski definition) is 4. The van der Waals surface area contributed by atoms with Crippen LogP contribution in [0.25, 0.3) is 0 Å². The maximum atomic E-state index is 11.6. The number of hydrogen-bond donors (Lipinski definition) is 2. The number of ether oxygens (including phenoxy) is 1. The van der Waals surface area contributed by atoms with Crippen LogP contribution in [-0.2, 0) is 4.79 Å². The summed E-state index contributed by atoms with van der Waals surface area (Å²) in [5, 5.41) is 13.2. The largest absolute Gasteiger partial charge is 0.479 e. The molecule has 0 aromatic heterocycles. The van der Waals surface area contributed by atoms with Crippen molar-refractivity contribution in [3.05, 3.63) is 28.8 Å². The molecule has 0 fully saturated rings. The van der Waals surface area contributed by atoms with Gasteiger partial charge in [0.2, 0.25) is 0 Å². The maximum absolute atomic E-state index is 11.6. The molecule has 3 amide bonds. The molecule has 0 spiro atoms. The summed E-state index contributed by atoms with van der Waals surface area (Å²) in [5.41, 5.74) is 0.389. The van der Waals surface area contributed by atoms with E-state index in [-0.39, 0.29) is 10.8 Å². The van der Waals surface area contributed by atoms with Crippen LogP contribution >= 0.6 is 11.6 Å². The summed E-state index contributed by atoms with van der Waals surface area (Å²) in [7, 11) is 1.39. The SMILES string of the molecule is CNC(=O)NC(=O)[C@@H](C)Oc1ccc(C#N)cc1Cl. The van der Waals surface area contributed by atoms with Crippen LogP contribution in [-0.4, -0.2) is 25.1 Å². The summed E-state index contributed by atoms with van der Waals surface area (Å²) in [5.74, 6) is -0.333. The van der Waals surface area contributed by atoms with Crippen LogP contribution in [0.2, 0.25) is 5.02 Å². The molecule has 2 N–H and O–H groups in total. The predicted molar refractivity (Wildman–Crippen MR) is 68.9 cm³/mol. The van der Waals surface area contributed by atoms with Crippen molar-refractivity contribution in [3.8, 4) is 11.8 Å². The Hall–Kier alpha value is -2.26. The number of carbonyl (C=O) groups is 2. The Morgan fingerprint density at radius 3 is 2.68 bits per heavy atom. The van der Waals surface area contributed by atoms with Crippen molar-refractivity contribution >= 4 is 23.5 Å². The van der Waals surface area contributed by atoms with E-state index in [0.717, 1.165) is 0 Å². The smallest absolute Gasteiger partial charge is 0.321 e. The minimum absolute atomic E-state index is 0.221. The molecule has 0 aliphatic rings. The zero-order chi connectivity index (χ0) is 14.4. The Kier molecular flexibility index (Phi) is 5.15. The van der Waals surface area contributed by atoms with Gasteiger partial charge in [0.1, 0.15) is 5.75 Å². The molecule has 0 unspecified atom stereocenters. The van der Waals surface area contributed by atoms with Crippen molar-refractivity contribution in [3.63, 3.8) is 0 Å². The number of benzene rings is 1. The standard InChI is InChI=1S/C12H12ClN3O3/c1-7(11(17)16-12(18)15-2)19-10-4-3-8(6-14)5-9(10)13/h3-5,7H,1-2H3,(H2,15,16,17,18)/t7-/m1/s1. The monoisotopic (exact) mass is 281 g/mol. The van der Waals surface area contributed by atoms with Crippen LogP contribution in [0, 0.1) is 11.3 Å². The Morgan fingerprint density at radius 2 is 2.16 bits per heavy atom. The third-order valence-corrected chi connectivity index (χ3v) is 2.49. The first-order valence-electron chi connectivity index (χ1n) is 5.36. The fraction of sp³-hybridized carbons (Fsp3) is 0.250. The lowest BCUT2D eigenvalue weighted by Crippen LogP contribution is -2.43. The third kappa shape index (κ3) is 4.16. The van der Waals surface area contributed by atoms with Crippen LogP contribution in [0.15, 0.2) is 18.2 Å². The Balaban J connectivity index is 2.72. The minimum atomic E-state index is -0.900. The van der Waals surface area contributed by atoms with E-state index in [9.17, 15) is 9.59 Å². The predicted octanol–water partition coefficient (Wildman–Crippen LogP) is 1.43. The molecule has 100 valence electrons. The molecule has 0 bridgehead atoms. The fourth-order valence-electron chi connectivity index (χ4n) is 1.19. The molecule has 0 aliphatic carbocycles. The Labute approximate surface area is 115 Å². The Morgan fingerprint density at radius 1 is 1.47 bits per heavy atom. The van der Waals surface area contributed by atoms with Crippen LogP contribution in [0.4, 0.5) is 4.79 Å². The van der Waals surface area contributed by atoms with Gasteiger partial charge in [-0.1, -0.05) is 11.6 Å². The van der Waals surface area contributed by atoms with E-state index in [1.807, 2.05) is 6.07 Å². The fourth-order valence-corrected chi connectivity index (χ4v) is 1.41. The van der Waals surface area contributed by atoms with Gasteiger partial charge in [-0.3, -0.25) is 10.1 Å². The van der Waals surface area contributed by atoms with Gasteiger partial charge in [0.05, 0.1) is 16.7 Å². The second-order valence-electron chi connectivity index (χ2n) is 3.59. The highest BCUT2D eigenvalue weighted by molar-refractivity contribution is 6.32. The third-order valence-electron chi connectivity index (χ3n) is 2.20. The van der Waals surface area contributed by atoms with Gasteiger partial charge < -0.3 is 10.1 Å². The topological polar surface area (TPSA) is 91.2 Å². The average molecular weight is 282 g/mol. The molecular formula is C12H12ClN3O3. The zero-order valence-electron chi connectivity index (χ0n) is 10.4. The van der Waals surface area contributed by atoms with E-state index in [2.05, 4.69) is 10.6 Å². The van der Waals surface area contributed by atoms with E-state index >= 15 is 0 Å². The first-order chi connectivity index (χ1) is 8.97. The van der Waals surface area contributed by atoms with Crippen LogP contribution < -0.4 is 15.4 Å². The summed E-state index contributed by atoms with van der Waals surface area (Å²) in [6.07, 6.45) is -0.900. The quantitative estimate of drug-likeness (QED) is 0.877. The first kappa shape index (κ1) is 14.8. The molecule has 1 rings (SSSR count). The maximum Gasteiger partial charge on any atom is 0.321 e. The average Bonchev–Trinajstić information content (AvgIpc) is 2.40. The molecule has 1 aromatic rings. The number of nitriles is 1. The van der Waals surface area contributed by atoms with Crippen molar-refractivity contribution in [2.75, 3.05) is 7.05 Å². The van der Waals surface area contributed by atoms with Crippen molar-refractivity contribution in [2.45, 2.75) is 13.0 Å². The number of imide groups is 1. The van der Waals surface area contributed by atoms with Gasteiger partial charge in [0, 0.05) is 7.05 Å². The lowest BCUT2D eigenvalue weighted by molar-refractivity contribution is -0.126. The number of rotatable bonds is 3. The van der Waals surface area contributed by atoms with Gasteiger partial charge in [-0.05, 0) is 25.1 Å². The van der Waals surface area contributed by atoms with Crippen LogP contribution in [0.3, 0.4) is 0 Å². The highest BCUT2D eigenvalue weighted by atomic mass is 35.5. The zero-order valence-corrected chi connectivity index (χ0v) is 11.1. The van der Waals surface area contributed by atoms with Gasteiger partial charge in [0.15, 0.2) is 6.10 Å². The van der Waals surface area contributed by atoms with Crippen molar-refractivity contribution < 1.29 is 14.3 Å². The van der Waals surface area contributed by atoms with Crippen molar-refractivity contribution in [1.82, 2.24) is 10.6 Å². The lowest BCUT2D eigenvalue weighted by Gasteiger charge is -2.14. The number of nitrogens with zero attached hydrogens (tertiary/aromatic N) is 1. The molecule has 0 radical (unpaired) electrons. The van der Waals surface area contributed by atoms with Gasteiger partial charge in [-0.15, -0.1) is 0 Å². The van der Waals surface area contributed by atoms with Gasteiger partial charge >= 0.3 is 6.03 Å². The molecule has 1 atom stereocenters. The molecule has 6 nitrogen and oxygen atoms in total. The summed E-state index contributed by atoms with van der Waals surface area (Å²) >= 11 is 5.90. The molecule has 7 heteroatoms. The molecule has 0 saturated carbocycles. The molecule has 0 heterocycles. The van der Waals surface area contributed by atoms with E-state index in [4.69, 9.17) is 21.6 Å². The van der Waals surface area contributed by atoms with E-state index in [1.165, 1.54) is 32.2 Å². The van der Waals surface area contributed by atoms with E-state index in [1.54, 1.807) is 0 Å². The van der Waals surface area contributed by atoms with E-state index in [0.29, 0.717) is 5.56 Å². The minimum Gasteiger partial charge on any atom is -0.479 e. The number of urea groups is 1. The molecular weight excluding hydrogens is 270 g/mol. The summed E-state index contributed by atoms with van der Waals surface area (Å²) in [4.78, 5) is 22.5.